The fourth-order valence-corrected chi connectivity index (χ4v) is 0.883. The Kier molecular flexibility index (Phi) is 6.40. The normalized spacial score (nSPS) is 13.0. The molecule has 78 valence electrons. The summed E-state index contributed by atoms with van der Waals surface area (Å²) in [6.07, 6.45) is -2.40. The van der Waals surface area contributed by atoms with Crippen molar-refractivity contribution < 1.29 is 18.3 Å². The molecule has 0 amide bonds. The van der Waals surface area contributed by atoms with E-state index in [1.165, 1.54) is 0 Å². The van der Waals surface area contributed by atoms with Gasteiger partial charge in [0.1, 0.15) is 0 Å². The van der Waals surface area contributed by atoms with Crippen LogP contribution < -0.4 is 5.73 Å². The highest BCUT2D eigenvalue weighted by Crippen LogP contribution is 2.07. The molecule has 0 aliphatic carbocycles. The number of rotatable bonds is 6. The van der Waals surface area contributed by atoms with Gasteiger partial charge in [-0.1, -0.05) is 0 Å². The van der Waals surface area contributed by atoms with E-state index in [1.54, 1.807) is 6.92 Å². The van der Waals surface area contributed by atoms with Crippen molar-refractivity contribution in [1.29, 1.82) is 0 Å². The van der Waals surface area contributed by atoms with Crippen molar-refractivity contribution in [3.05, 3.63) is 0 Å². The molecule has 1 atom stereocenters. The Balaban J connectivity index is 3.45. The maximum Gasteiger partial charge on any atom is 0.305 e. The first kappa shape index (κ1) is 12.3. The zero-order chi connectivity index (χ0) is 10.3. The van der Waals surface area contributed by atoms with E-state index in [4.69, 9.17) is 5.73 Å². The molecule has 13 heavy (non-hydrogen) atoms. The van der Waals surface area contributed by atoms with Gasteiger partial charge in [-0.05, 0) is 13.3 Å². The molecule has 0 aliphatic heterocycles. The van der Waals surface area contributed by atoms with Crippen LogP contribution in [0.3, 0.4) is 0 Å². The lowest BCUT2D eigenvalue weighted by molar-refractivity contribution is -0.143. The maximum atomic E-state index is 11.8. The second-order valence-electron chi connectivity index (χ2n) is 2.73. The third-order valence-corrected chi connectivity index (χ3v) is 1.51. The molecule has 1 unspecified atom stereocenters. The van der Waals surface area contributed by atoms with E-state index < -0.39 is 12.5 Å². The molecule has 0 spiro atoms. The molecule has 0 bridgehead atoms. The number of carbonyl (C=O) groups excluding carboxylic acids is 1. The van der Waals surface area contributed by atoms with E-state index in [0.717, 1.165) is 0 Å². The van der Waals surface area contributed by atoms with E-state index in [1.807, 2.05) is 0 Å². The summed E-state index contributed by atoms with van der Waals surface area (Å²) >= 11 is 0. The summed E-state index contributed by atoms with van der Waals surface area (Å²) in [5.74, 6) is -0.382. The Hall–Kier alpha value is -0.710. The van der Waals surface area contributed by atoms with Gasteiger partial charge in [-0.25, -0.2) is 8.78 Å². The second kappa shape index (κ2) is 6.77. The largest absolute Gasteiger partial charge is 0.466 e. The van der Waals surface area contributed by atoms with Gasteiger partial charge in [-0.3, -0.25) is 4.79 Å². The van der Waals surface area contributed by atoms with E-state index in [9.17, 15) is 13.6 Å². The summed E-state index contributed by atoms with van der Waals surface area (Å²) in [6, 6.07) is -0.621. The molecule has 0 rings (SSSR count). The lowest BCUT2D eigenvalue weighted by Crippen LogP contribution is -2.24. The van der Waals surface area contributed by atoms with E-state index in [2.05, 4.69) is 4.74 Å². The van der Waals surface area contributed by atoms with Gasteiger partial charge in [0, 0.05) is 18.9 Å². The highest BCUT2D eigenvalue weighted by Gasteiger charge is 2.12. The molecule has 0 saturated heterocycles. The zero-order valence-electron chi connectivity index (χ0n) is 7.63. The molecule has 2 N–H and O–H groups in total. The van der Waals surface area contributed by atoms with Crippen molar-refractivity contribution in [2.45, 2.75) is 38.7 Å². The third-order valence-electron chi connectivity index (χ3n) is 1.51. The van der Waals surface area contributed by atoms with Crippen molar-refractivity contribution in [2.75, 3.05) is 6.61 Å². The minimum atomic E-state index is -2.41. The lowest BCUT2D eigenvalue weighted by atomic mass is 10.1. The minimum Gasteiger partial charge on any atom is -0.466 e. The summed E-state index contributed by atoms with van der Waals surface area (Å²) in [7, 11) is 0. The Morgan fingerprint density at radius 2 is 2.15 bits per heavy atom. The molecule has 0 aromatic carbocycles. The molecule has 3 nitrogen and oxygen atoms in total. The highest BCUT2D eigenvalue weighted by atomic mass is 19.3. The molecule has 0 aromatic heterocycles. The van der Waals surface area contributed by atoms with Crippen LogP contribution in [0.15, 0.2) is 0 Å². The Morgan fingerprint density at radius 1 is 1.54 bits per heavy atom. The number of nitrogens with two attached hydrogens (primary N) is 1. The summed E-state index contributed by atoms with van der Waals surface area (Å²) in [4.78, 5) is 10.8. The average molecular weight is 195 g/mol. The number of ether oxygens (including phenoxy) is 1. The van der Waals surface area contributed by atoms with Crippen molar-refractivity contribution in [1.82, 2.24) is 0 Å². The Bertz CT molecular complexity index is 153. The van der Waals surface area contributed by atoms with Gasteiger partial charge in [0.05, 0.1) is 6.61 Å². The monoisotopic (exact) mass is 195 g/mol. The predicted octanol–water partition coefficient (Wildman–Crippen LogP) is 1.31. The van der Waals surface area contributed by atoms with E-state index >= 15 is 0 Å². The molecule has 0 aliphatic rings. The average Bonchev–Trinajstić information content (AvgIpc) is 2.00. The van der Waals surface area contributed by atoms with E-state index in [0.29, 0.717) is 6.61 Å². The minimum absolute atomic E-state index is 0.113. The van der Waals surface area contributed by atoms with Crippen LogP contribution in [0, 0.1) is 0 Å². The van der Waals surface area contributed by atoms with Crippen molar-refractivity contribution >= 4 is 5.97 Å². The second-order valence-corrected chi connectivity index (χ2v) is 2.73. The number of carbonyl (C=O) groups is 1. The number of hydrogen-bond acceptors (Lipinski definition) is 3. The van der Waals surface area contributed by atoms with Gasteiger partial charge in [0.2, 0.25) is 6.43 Å². The van der Waals surface area contributed by atoms with Gasteiger partial charge >= 0.3 is 5.97 Å². The number of esters is 1. The van der Waals surface area contributed by atoms with Gasteiger partial charge in [0.15, 0.2) is 0 Å². The highest BCUT2D eigenvalue weighted by molar-refractivity contribution is 5.69. The van der Waals surface area contributed by atoms with Crippen molar-refractivity contribution in [3.63, 3.8) is 0 Å². The fraction of sp³-hybridized carbons (Fsp3) is 0.875. The van der Waals surface area contributed by atoms with Crippen LogP contribution in [-0.2, 0) is 9.53 Å². The summed E-state index contributed by atoms with van der Waals surface area (Å²) < 4.78 is 28.1. The molecule has 0 aromatic rings. The van der Waals surface area contributed by atoms with Crippen LogP contribution in [0.2, 0.25) is 0 Å². The van der Waals surface area contributed by atoms with Crippen LogP contribution in [0.4, 0.5) is 8.78 Å². The quantitative estimate of drug-likeness (QED) is 0.650. The number of halogens is 2. The molecular formula is C8H15F2NO2. The van der Waals surface area contributed by atoms with Gasteiger partial charge < -0.3 is 10.5 Å². The predicted molar refractivity (Wildman–Crippen MR) is 44.5 cm³/mol. The summed E-state index contributed by atoms with van der Waals surface area (Å²) in [5, 5.41) is 0. The first-order valence-corrected chi connectivity index (χ1v) is 4.25. The molecule has 0 fully saturated rings. The van der Waals surface area contributed by atoms with Crippen LogP contribution in [-0.4, -0.2) is 25.0 Å². The third kappa shape index (κ3) is 7.64. The van der Waals surface area contributed by atoms with Crippen LogP contribution in [0.5, 0.6) is 0 Å². The molecule has 5 heteroatoms. The van der Waals surface area contributed by atoms with Crippen LogP contribution in [0.25, 0.3) is 0 Å². The first-order chi connectivity index (χ1) is 6.06. The van der Waals surface area contributed by atoms with Crippen molar-refractivity contribution in [3.8, 4) is 0 Å². The van der Waals surface area contributed by atoms with Crippen molar-refractivity contribution in [2.24, 2.45) is 5.73 Å². The van der Waals surface area contributed by atoms with E-state index in [-0.39, 0.29) is 25.2 Å². The first-order valence-electron chi connectivity index (χ1n) is 4.25. The number of alkyl halides is 2. The summed E-state index contributed by atoms with van der Waals surface area (Å²) in [5.41, 5.74) is 5.33. The fourth-order valence-electron chi connectivity index (χ4n) is 0.883. The summed E-state index contributed by atoms with van der Waals surface area (Å²) in [6.45, 7) is 2.00. The smallest absolute Gasteiger partial charge is 0.305 e. The van der Waals surface area contributed by atoms with Crippen LogP contribution in [0.1, 0.15) is 26.2 Å². The Morgan fingerprint density at radius 3 is 2.62 bits per heavy atom. The maximum absolute atomic E-state index is 11.8. The molecule has 0 saturated carbocycles. The SMILES string of the molecule is CCOC(=O)CCC(N)CC(F)F. The van der Waals surface area contributed by atoms with Crippen LogP contribution >= 0.6 is 0 Å². The molecule has 0 heterocycles. The topological polar surface area (TPSA) is 52.3 Å². The molecule has 0 radical (unpaired) electrons. The number of hydrogen-bond donors (Lipinski definition) is 1. The Labute approximate surface area is 76.2 Å². The molecular weight excluding hydrogens is 180 g/mol. The lowest BCUT2D eigenvalue weighted by Gasteiger charge is -2.09. The van der Waals surface area contributed by atoms with Gasteiger partial charge in [0.25, 0.3) is 0 Å². The van der Waals surface area contributed by atoms with Gasteiger partial charge in [-0.15, -0.1) is 0 Å². The standard InChI is InChI=1S/C8H15F2NO2/c1-2-13-8(12)4-3-6(11)5-7(9)10/h6-7H,2-5,11H2,1H3. The zero-order valence-corrected chi connectivity index (χ0v) is 7.63. The van der Waals surface area contributed by atoms with Gasteiger partial charge in [-0.2, -0.15) is 0 Å².